The first-order valence-electron chi connectivity index (χ1n) is 7.60. The van der Waals surface area contributed by atoms with Crippen LogP contribution in [0.3, 0.4) is 0 Å². The van der Waals surface area contributed by atoms with Gasteiger partial charge in [0.15, 0.2) is 0 Å². The van der Waals surface area contributed by atoms with Crippen LogP contribution in [-0.2, 0) is 0 Å². The fourth-order valence-electron chi connectivity index (χ4n) is 2.62. The number of hydrogen-bond donors (Lipinski definition) is 0. The molecule has 2 aromatic carbocycles. The molecule has 6 heteroatoms. The maximum Gasteiger partial charge on any atom is 0.123 e. The lowest BCUT2D eigenvalue weighted by Crippen LogP contribution is -2.00. The van der Waals surface area contributed by atoms with Crippen molar-refractivity contribution in [2.45, 2.75) is 0 Å². The molecule has 4 aromatic rings. The first-order chi connectivity index (χ1) is 12.2. The molecule has 2 aromatic heterocycles. The van der Waals surface area contributed by atoms with Gasteiger partial charge in [-0.1, -0.05) is 5.21 Å². The third kappa shape index (κ3) is 2.89. The molecule has 0 aliphatic heterocycles. The first-order valence-corrected chi connectivity index (χ1v) is 7.60. The Hall–Kier alpha value is -3.41. The number of nitrogens with zero attached hydrogens (tertiary/aromatic N) is 4. The van der Waals surface area contributed by atoms with Crippen LogP contribution in [0.25, 0.3) is 28.2 Å². The van der Waals surface area contributed by atoms with Gasteiger partial charge >= 0.3 is 0 Å². The van der Waals surface area contributed by atoms with E-state index < -0.39 is 0 Å². The molecule has 0 spiro atoms. The van der Waals surface area contributed by atoms with Crippen molar-refractivity contribution in [3.05, 3.63) is 84.7 Å². The van der Waals surface area contributed by atoms with Crippen LogP contribution in [0.2, 0.25) is 0 Å². The maximum atomic E-state index is 13.2. The Bertz CT molecular complexity index is 931. The molecule has 0 N–H and O–H groups in total. The van der Waals surface area contributed by atoms with Crippen LogP contribution >= 0.6 is 0 Å². The van der Waals surface area contributed by atoms with Crippen LogP contribution in [0.1, 0.15) is 0 Å². The summed E-state index contributed by atoms with van der Waals surface area (Å²) >= 11 is 0. The van der Waals surface area contributed by atoms with E-state index in [0.29, 0.717) is 11.4 Å². The van der Waals surface area contributed by atoms with Crippen LogP contribution in [0.5, 0.6) is 0 Å². The number of hydrogen-bond acceptors (Lipinski definition) is 3. The summed E-state index contributed by atoms with van der Waals surface area (Å²) in [6, 6.07) is 15.7. The molecule has 25 heavy (non-hydrogen) atoms. The highest BCUT2D eigenvalue weighted by Crippen LogP contribution is 2.31. The largest absolute Gasteiger partial charge is 0.265 e. The van der Waals surface area contributed by atoms with Gasteiger partial charge in [0.1, 0.15) is 23.0 Å². The number of rotatable bonds is 3. The normalized spacial score (nSPS) is 10.8. The number of pyridine rings is 1. The molecule has 0 saturated carbocycles. The molecule has 0 bridgehead atoms. The Morgan fingerprint density at radius 1 is 0.680 bits per heavy atom. The minimum absolute atomic E-state index is 0.319. The van der Waals surface area contributed by atoms with Crippen LogP contribution in [0, 0.1) is 11.6 Å². The lowest BCUT2D eigenvalue weighted by molar-refractivity contribution is 0.626. The molecule has 0 radical (unpaired) electrons. The molecule has 122 valence electrons. The molecule has 0 saturated heterocycles. The van der Waals surface area contributed by atoms with E-state index in [2.05, 4.69) is 15.3 Å². The number of halogens is 2. The summed E-state index contributed by atoms with van der Waals surface area (Å²) in [6.07, 6.45) is 3.34. The second kappa shape index (κ2) is 6.24. The van der Waals surface area contributed by atoms with E-state index in [4.69, 9.17) is 0 Å². The minimum atomic E-state index is -0.326. The summed E-state index contributed by atoms with van der Waals surface area (Å²) in [7, 11) is 0. The van der Waals surface area contributed by atoms with Crippen molar-refractivity contribution in [3.63, 3.8) is 0 Å². The number of aromatic nitrogens is 4. The van der Waals surface area contributed by atoms with Crippen molar-refractivity contribution in [1.29, 1.82) is 0 Å². The van der Waals surface area contributed by atoms with Crippen LogP contribution in [-0.4, -0.2) is 20.0 Å². The maximum absolute atomic E-state index is 13.2. The van der Waals surface area contributed by atoms with Crippen LogP contribution in [0.4, 0.5) is 8.78 Å². The van der Waals surface area contributed by atoms with E-state index in [1.54, 1.807) is 41.3 Å². The fraction of sp³-hybridized carbons (Fsp3) is 0. The third-order valence-electron chi connectivity index (χ3n) is 3.81. The lowest BCUT2D eigenvalue weighted by atomic mass is 10.1. The summed E-state index contributed by atoms with van der Waals surface area (Å²) in [5, 5.41) is 8.49. The quantitative estimate of drug-likeness (QED) is 0.562. The van der Waals surface area contributed by atoms with E-state index in [-0.39, 0.29) is 11.6 Å². The topological polar surface area (TPSA) is 43.6 Å². The summed E-state index contributed by atoms with van der Waals surface area (Å²) in [4.78, 5) is 4.03. The van der Waals surface area contributed by atoms with Gasteiger partial charge in [0.25, 0.3) is 0 Å². The predicted octanol–water partition coefficient (Wildman–Crippen LogP) is 4.27. The zero-order valence-corrected chi connectivity index (χ0v) is 13.0. The molecule has 0 aliphatic rings. The minimum Gasteiger partial charge on any atom is -0.265 e. The first kappa shape index (κ1) is 15.1. The molecule has 0 unspecified atom stereocenters. The average Bonchev–Trinajstić information content (AvgIpc) is 3.09. The van der Waals surface area contributed by atoms with E-state index in [0.717, 1.165) is 16.8 Å². The fourth-order valence-corrected chi connectivity index (χ4v) is 2.62. The second-order valence-corrected chi connectivity index (χ2v) is 5.42. The monoisotopic (exact) mass is 334 g/mol. The van der Waals surface area contributed by atoms with Gasteiger partial charge < -0.3 is 0 Å². The molecular formula is C19H12F2N4. The van der Waals surface area contributed by atoms with E-state index >= 15 is 0 Å². The van der Waals surface area contributed by atoms with Gasteiger partial charge in [-0.2, -0.15) is 0 Å². The summed E-state index contributed by atoms with van der Waals surface area (Å²) in [6.45, 7) is 0. The van der Waals surface area contributed by atoms with Gasteiger partial charge in [-0.3, -0.25) is 4.98 Å². The standard InChI is InChI=1S/C19H12F2N4/c20-15-3-1-13(2-4-15)18-19(14-9-11-22-12-10-14)25(24-23-18)17-7-5-16(21)6-8-17/h1-12H. The molecule has 2 heterocycles. The second-order valence-electron chi connectivity index (χ2n) is 5.42. The van der Waals surface area contributed by atoms with E-state index in [9.17, 15) is 8.78 Å². The zero-order valence-electron chi connectivity index (χ0n) is 13.0. The van der Waals surface area contributed by atoms with Crippen molar-refractivity contribution < 1.29 is 8.78 Å². The lowest BCUT2D eigenvalue weighted by Gasteiger charge is -2.08. The highest BCUT2D eigenvalue weighted by molar-refractivity contribution is 5.78. The highest BCUT2D eigenvalue weighted by atomic mass is 19.1. The van der Waals surface area contributed by atoms with Gasteiger partial charge in [-0.25, -0.2) is 13.5 Å². The molecule has 0 fully saturated rings. The summed E-state index contributed by atoms with van der Waals surface area (Å²) in [5.41, 5.74) is 3.59. The smallest absolute Gasteiger partial charge is 0.123 e. The SMILES string of the molecule is Fc1ccc(-c2nnn(-c3ccc(F)cc3)c2-c2ccncc2)cc1. The summed E-state index contributed by atoms with van der Waals surface area (Å²) in [5.74, 6) is -0.645. The van der Waals surface area contributed by atoms with Crippen LogP contribution < -0.4 is 0 Å². The summed E-state index contributed by atoms with van der Waals surface area (Å²) < 4.78 is 28.1. The van der Waals surface area contributed by atoms with Crippen molar-refractivity contribution in [2.75, 3.05) is 0 Å². The molecule has 0 amide bonds. The van der Waals surface area contributed by atoms with Crippen molar-refractivity contribution >= 4 is 0 Å². The Balaban J connectivity index is 1.94. The Morgan fingerprint density at radius 3 is 1.92 bits per heavy atom. The molecule has 4 nitrogen and oxygen atoms in total. The Morgan fingerprint density at radius 2 is 1.28 bits per heavy atom. The van der Waals surface area contributed by atoms with Gasteiger partial charge in [-0.15, -0.1) is 5.10 Å². The van der Waals surface area contributed by atoms with Gasteiger partial charge in [0.2, 0.25) is 0 Å². The van der Waals surface area contributed by atoms with Crippen molar-refractivity contribution in [2.24, 2.45) is 0 Å². The van der Waals surface area contributed by atoms with Gasteiger partial charge in [-0.05, 0) is 60.7 Å². The van der Waals surface area contributed by atoms with Gasteiger partial charge in [0, 0.05) is 23.5 Å². The van der Waals surface area contributed by atoms with E-state index in [1.807, 2.05) is 12.1 Å². The van der Waals surface area contributed by atoms with Crippen LogP contribution in [0.15, 0.2) is 73.1 Å². The van der Waals surface area contributed by atoms with Crippen molar-refractivity contribution in [1.82, 2.24) is 20.0 Å². The molecule has 4 rings (SSSR count). The van der Waals surface area contributed by atoms with Crippen molar-refractivity contribution in [3.8, 4) is 28.2 Å². The number of benzene rings is 2. The van der Waals surface area contributed by atoms with Gasteiger partial charge in [0.05, 0.1) is 5.69 Å². The zero-order chi connectivity index (χ0) is 17.2. The Kier molecular flexibility index (Phi) is 3.78. The molecule has 0 atom stereocenters. The molecule has 0 aliphatic carbocycles. The van der Waals surface area contributed by atoms with E-state index in [1.165, 1.54) is 24.3 Å². The Labute approximate surface area is 142 Å². The highest BCUT2D eigenvalue weighted by Gasteiger charge is 2.18. The predicted molar refractivity (Wildman–Crippen MR) is 89.9 cm³/mol. The molecular weight excluding hydrogens is 322 g/mol. The average molecular weight is 334 g/mol. The third-order valence-corrected chi connectivity index (χ3v) is 3.81.